The first-order valence-corrected chi connectivity index (χ1v) is 7.34. The molecular formula is C16H26N2O. The van der Waals surface area contributed by atoms with E-state index in [1.54, 1.807) is 0 Å². The third kappa shape index (κ3) is 3.28. The molecule has 1 aromatic rings. The maximum atomic E-state index is 6.02. The Hall–Kier alpha value is -1.06. The summed E-state index contributed by atoms with van der Waals surface area (Å²) in [4.78, 5) is 2.52. The third-order valence-corrected chi connectivity index (χ3v) is 4.22. The van der Waals surface area contributed by atoms with Gasteiger partial charge in [0.2, 0.25) is 0 Å². The third-order valence-electron chi connectivity index (χ3n) is 4.22. The molecule has 1 heterocycles. The number of nitrogens with two attached hydrogens (primary N) is 1. The van der Waals surface area contributed by atoms with Crippen LogP contribution in [0.15, 0.2) is 24.3 Å². The molecule has 0 aliphatic carbocycles. The monoisotopic (exact) mass is 262 g/mol. The summed E-state index contributed by atoms with van der Waals surface area (Å²) in [6.07, 6.45) is 1.21. The lowest BCUT2D eigenvalue weighted by Gasteiger charge is -2.27. The van der Waals surface area contributed by atoms with Gasteiger partial charge in [0.1, 0.15) is 5.75 Å². The van der Waals surface area contributed by atoms with E-state index >= 15 is 0 Å². The van der Waals surface area contributed by atoms with E-state index in [0.717, 1.165) is 18.8 Å². The molecule has 0 aromatic heterocycles. The SMILES string of the molecule is CCOc1ccccc1C(C)N1CCC(C(C)N)C1. The van der Waals surface area contributed by atoms with Gasteiger partial charge in [-0.05, 0) is 45.7 Å². The smallest absolute Gasteiger partial charge is 0.124 e. The van der Waals surface area contributed by atoms with Crippen LogP contribution in [0.1, 0.15) is 38.8 Å². The number of ether oxygens (including phenoxy) is 1. The molecule has 106 valence electrons. The topological polar surface area (TPSA) is 38.5 Å². The predicted octanol–water partition coefficient (Wildman–Crippen LogP) is 2.82. The van der Waals surface area contributed by atoms with Gasteiger partial charge in [0.05, 0.1) is 6.61 Å². The lowest BCUT2D eigenvalue weighted by atomic mass is 10.0. The van der Waals surface area contributed by atoms with Crippen LogP contribution in [0, 0.1) is 5.92 Å². The lowest BCUT2D eigenvalue weighted by molar-refractivity contribution is 0.239. The molecule has 1 aliphatic heterocycles. The average molecular weight is 262 g/mol. The second-order valence-electron chi connectivity index (χ2n) is 5.55. The molecular weight excluding hydrogens is 236 g/mol. The van der Waals surface area contributed by atoms with Crippen LogP contribution in [-0.4, -0.2) is 30.6 Å². The van der Waals surface area contributed by atoms with Gasteiger partial charge in [0.15, 0.2) is 0 Å². The van der Waals surface area contributed by atoms with Crippen molar-refractivity contribution in [1.82, 2.24) is 4.90 Å². The van der Waals surface area contributed by atoms with E-state index in [1.165, 1.54) is 12.0 Å². The Morgan fingerprint density at radius 2 is 2.11 bits per heavy atom. The Labute approximate surface area is 116 Å². The van der Waals surface area contributed by atoms with E-state index in [0.29, 0.717) is 24.6 Å². The van der Waals surface area contributed by atoms with Crippen molar-refractivity contribution < 1.29 is 4.74 Å². The number of hydrogen-bond donors (Lipinski definition) is 1. The fourth-order valence-corrected chi connectivity index (χ4v) is 2.91. The maximum absolute atomic E-state index is 6.02. The number of hydrogen-bond acceptors (Lipinski definition) is 3. The van der Waals surface area contributed by atoms with Crippen molar-refractivity contribution >= 4 is 0 Å². The zero-order valence-corrected chi connectivity index (χ0v) is 12.3. The van der Waals surface area contributed by atoms with Gasteiger partial charge >= 0.3 is 0 Å². The van der Waals surface area contributed by atoms with Crippen molar-refractivity contribution in [3.63, 3.8) is 0 Å². The minimum Gasteiger partial charge on any atom is -0.494 e. The maximum Gasteiger partial charge on any atom is 0.124 e. The summed E-state index contributed by atoms with van der Waals surface area (Å²) >= 11 is 0. The van der Waals surface area contributed by atoms with Crippen LogP contribution in [0.3, 0.4) is 0 Å². The first-order chi connectivity index (χ1) is 9.13. The molecule has 0 radical (unpaired) electrons. The first-order valence-electron chi connectivity index (χ1n) is 7.34. The van der Waals surface area contributed by atoms with Crippen molar-refractivity contribution in [2.45, 2.75) is 39.3 Å². The average Bonchev–Trinajstić information content (AvgIpc) is 2.89. The van der Waals surface area contributed by atoms with Crippen LogP contribution in [-0.2, 0) is 0 Å². The number of nitrogens with zero attached hydrogens (tertiary/aromatic N) is 1. The molecule has 0 saturated carbocycles. The van der Waals surface area contributed by atoms with E-state index in [9.17, 15) is 0 Å². The van der Waals surface area contributed by atoms with Gasteiger partial charge in [-0.2, -0.15) is 0 Å². The minimum absolute atomic E-state index is 0.291. The molecule has 1 fully saturated rings. The molecule has 3 atom stereocenters. The molecule has 0 bridgehead atoms. The summed E-state index contributed by atoms with van der Waals surface area (Å²) in [5.41, 5.74) is 7.31. The van der Waals surface area contributed by atoms with Gasteiger partial charge in [0, 0.05) is 24.2 Å². The Bertz CT molecular complexity index is 405. The van der Waals surface area contributed by atoms with Gasteiger partial charge in [0.25, 0.3) is 0 Å². The van der Waals surface area contributed by atoms with Crippen molar-refractivity contribution in [3.8, 4) is 5.75 Å². The van der Waals surface area contributed by atoms with Gasteiger partial charge in [-0.3, -0.25) is 4.90 Å². The zero-order valence-electron chi connectivity index (χ0n) is 12.3. The summed E-state index contributed by atoms with van der Waals surface area (Å²) in [7, 11) is 0. The minimum atomic E-state index is 0.291. The molecule has 3 unspecified atom stereocenters. The summed E-state index contributed by atoms with van der Waals surface area (Å²) in [5, 5.41) is 0. The second kappa shape index (κ2) is 6.40. The highest BCUT2D eigenvalue weighted by molar-refractivity contribution is 5.35. The summed E-state index contributed by atoms with van der Waals surface area (Å²) < 4.78 is 5.74. The molecule has 2 rings (SSSR count). The van der Waals surface area contributed by atoms with Crippen LogP contribution >= 0.6 is 0 Å². The van der Waals surface area contributed by atoms with Crippen LogP contribution < -0.4 is 10.5 Å². The normalized spacial score (nSPS) is 23.3. The number of para-hydroxylation sites is 1. The van der Waals surface area contributed by atoms with E-state index in [2.05, 4.69) is 36.9 Å². The van der Waals surface area contributed by atoms with Gasteiger partial charge < -0.3 is 10.5 Å². The molecule has 0 amide bonds. The molecule has 1 aliphatic rings. The van der Waals surface area contributed by atoms with Crippen molar-refractivity contribution in [2.24, 2.45) is 11.7 Å². The van der Waals surface area contributed by atoms with E-state index < -0.39 is 0 Å². The van der Waals surface area contributed by atoms with Crippen LogP contribution in [0.2, 0.25) is 0 Å². The second-order valence-corrected chi connectivity index (χ2v) is 5.55. The summed E-state index contributed by atoms with van der Waals surface area (Å²) in [6.45, 7) is 9.36. The Morgan fingerprint density at radius 3 is 2.74 bits per heavy atom. The van der Waals surface area contributed by atoms with E-state index in [1.807, 2.05) is 13.0 Å². The van der Waals surface area contributed by atoms with Crippen molar-refractivity contribution in [2.75, 3.05) is 19.7 Å². The Kier molecular flexibility index (Phi) is 4.83. The molecule has 2 N–H and O–H groups in total. The van der Waals surface area contributed by atoms with E-state index in [-0.39, 0.29) is 0 Å². The zero-order chi connectivity index (χ0) is 13.8. The standard InChI is InChI=1S/C16H26N2O/c1-4-19-16-8-6-5-7-15(16)13(3)18-10-9-14(11-18)12(2)17/h5-8,12-14H,4,9-11,17H2,1-3H3. The van der Waals surface area contributed by atoms with Crippen LogP contribution in [0.5, 0.6) is 5.75 Å². The molecule has 1 aromatic carbocycles. The predicted molar refractivity (Wildman–Crippen MR) is 79.4 cm³/mol. The highest BCUT2D eigenvalue weighted by Gasteiger charge is 2.29. The van der Waals surface area contributed by atoms with Crippen LogP contribution in [0.25, 0.3) is 0 Å². The van der Waals surface area contributed by atoms with Gasteiger partial charge in [-0.1, -0.05) is 18.2 Å². The number of likely N-dealkylation sites (tertiary alicyclic amines) is 1. The highest BCUT2D eigenvalue weighted by Crippen LogP contribution is 2.33. The first kappa shape index (κ1) is 14.4. The fourth-order valence-electron chi connectivity index (χ4n) is 2.91. The Balaban J connectivity index is 2.10. The fraction of sp³-hybridized carbons (Fsp3) is 0.625. The lowest BCUT2D eigenvalue weighted by Crippen LogP contribution is -2.31. The summed E-state index contributed by atoms with van der Waals surface area (Å²) in [6, 6.07) is 9.05. The summed E-state index contributed by atoms with van der Waals surface area (Å²) in [5.74, 6) is 1.64. The van der Waals surface area contributed by atoms with Crippen molar-refractivity contribution in [3.05, 3.63) is 29.8 Å². The molecule has 0 spiro atoms. The Morgan fingerprint density at radius 1 is 1.37 bits per heavy atom. The van der Waals surface area contributed by atoms with E-state index in [4.69, 9.17) is 10.5 Å². The van der Waals surface area contributed by atoms with Crippen molar-refractivity contribution in [1.29, 1.82) is 0 Å². The van der Waals surface area contributed by atoms with Gasteiger partial charge in [-0.15, -0.1) is 0 Å². The largest absolute Gasteiger partial charge is 0.494 e. The van der Waals surface area contributed by atoms with Crippen LogP contribution in [0.4, 0.5) is 0 Å². The number of benzene rings is 1. The number of rotatable bonds is 5. The molecule has 1 saturated heterocycles. The van der Waals surface area contributed by atoms with Gasteiger partial charge in [-0.25, -0.2) is 0 Å². The highest BCUT2D eigenvalue weighted by atomic mass is 16.5. The molecule has 19 heavy (non-hydrogen) atoms. The molecule has 3 nitrogen and oxygen atoms in total. The molecule has 3 heteroatoms. The quantitative estimate of drug-likeness (QED) is 0.887.